The zero-order valence-corrected chi connectivity index (χ0v) is 15.0. The number of carboxylic acid groups (broad SMARTS) is 1. The van der Waals surface area contributed by atoms with E-state index in [0.717, 1.165) is 27.9 Å². The van der Waals surface area contributed by atoms with E-state index in [4.69, 9.17) is 5.11 Å². The number of nitrogens with one attached hydrogen (secondary N) is 2. The lowest BCUT2D eigenvalue weighted by Gasteiger charge is -2.24. The maximum absolute atomic E-state index is 12.3. The summed E-state index contributed by atoms with van der Waals surface area (Å²) in [5, 5.41) is 23.5. The average molecular weight is 365 g/mol. The lowest BCUT2D eigenvalue weighted by molar-refractivity contribution is -0.137. The molecular formula is C19H19N5O3. The number of carbonyl (C=O) groups is 2. The van der Waals surface area contributed by atoms with Crippen molar-refractivity contribution >= 4 is 17.7 Å². The van der Waals surface area contributed by atoms with Crippen molar-refractivity contribution in [2.45, 2.75) is 32.7 Å². The van der Waals surface area contributed by atoms with Crippen molar-refractivity contribution in [3.8, 4) is 11.3 Å². The quantitative estimate of drug-likeness (QED) is 0.657. The normalized spacial score (nSPS) is 16.1. The first-order valence-electron chi connectivity index (χ1n) is 8.63. The Balaban J connectivity index is 1.82. The van der Waals surface area contributed by atoms with E-state index in [2.05, 4.69) is 20.6 Å². The maximum Gasteiger partial charge on any atom is 0.325 e. The molecule has 0 radical (unpaired) electrons. The summed E-state index contributed by atoms with van der Waals surface area (Å²) in [7, 11) is 0. The van der Waals surface area contributed by atoms with Crippen LogP contribution in [0.15, 0.2) is 30.5 Å². The highest BCUT2D eigenvalue weighted by Crippen LogP contribution is 2.42. The molecule has 1 amide bonds. The van der Waals surface area contributed by atoms with Gasteiger partial charge in [0, 0.05) is 23.5 Å². The summed E-state index contributed by atoms with van der Waals surface area (Å²) >= 11 is 0. The van der Waals surface area contributed by atoms with Crippen LogP contribution in [0.25, 0.3) is 11.3 Å². The number of carbonyl (C=O) groups excluding carboxylic acids is 1. The maximum atomic E-state index is 12.3. The van der Waals surface area contributed by atoms with Gasteiger partial charge in [0.2, 0.25) is 5.91 Å². The molecule has 0 saturated heterocycles. The predicted molar refractivity (Wildman–Crippen MR) is 98.5 cm³/mol. The smallest absolute Gasteiger partial charge is 0.325 e. The van der Waals surface area contributed by atoms with Gasteiger partial charge in [-0.05, 0) is 19.4 Å². The molecule has 138 valence electrons. The number of anilines is 1. The third-order valence-electron chi connectivity index (χ3n) is 4.84. The molecule has 1 unspecified atom stereocenters. The van der Waals surface area contributed by atoms with Crippen LogP contribution < -0.4 is 5.32 Å². The van der Waals surface area contributed by atoms with Crippen molar-refractivity contribution in [3.63, 3.8) is 0 Å². The number of hydrogen-bond donors (Lipinski definition) is 3. The van der Waals surface area contributed by atoms with Crippen LogP contribution in [0.4, 0.5) is 5.82 Å². The molecule has 0 spiro atoms. The Bertz CT molecular complexity index is 1030. The Labute approximate surface area is 155 Å². The van der Waals surface area contributed by atoms with Gasteiger partial charge in [0.25, 0.3) is 0 Å². The fourth-order valence-corrected chi connectivity index (χ4v) is 3.63. The summed E-state index contributed by atoms with van der Waals surface area (Å²) in [4.78, 5) is 23.5. The first-order valence-corrected chi connectivity index (χ1v) is 8.63. The van der Waals surface area contributed by atoms with Crippen LogP contribution in [0.5, 0.6) is 0 Å². The number of amides is 1. The molecule has 4 rings (SSSR count). The molecule has 1 aromatic carbocycles. The van der Waals surface area contributed by atoms with Crippen molar-refractivity contribution in [2.24, 2.45) is 0 Å². The van der Waals surface area contributed by atoms with Crippen LogP contribution in [0.2, 0.25) is 0 Å². The zero-order chi connectivity index (χ0) is 19.1. The van der Waals surface area contributed by atoms with Gasteiger partial charge in [-0.3, -0.25) is 14.7 Å². The molecule has 0 bridgehead atoms. The van der Waals surface area contributed by atoms with E-state index in [9.17, 15) is 9.59 Å². The lowest BCUT2D eigenvalue weighted by atomic mass is 9.85. The van der Waals surface area contributed by atoms with Gasteiger partial charge in [-0.1, -0.05) is 29.8 Å². The summed E-state index contributed by atoms with van der Waals surface area (Å²) in [6.07, 6.45) is 1.99. The molecule has 8 heteroatoms. The highest BCUT2D eigenvalue weighted by Gasteiger charge is 2.34. The van der Waals surface area contributed by atoms with Crippen molar-refractivity contribution in [2.75, 3.05) is 5.32 Å². The van der Waals surface area contributed by atoms with Crippen LogP contribution in [-0.4, -0.2) is 37.0 Å². The number of aromatic nitrogens is 4. The molecule has 0 fully saturated rings. The van der Waals surface area contributed by atoms with Gasteiger partial charge >= 0.3 is 5.97 Å². The molecule has 27 heavy (non-hydrogen) atoms. The minimum atomic E-state index is -1.01. The summed E-state index contributed by atoms with van der Waals surface area (Å²) in [5.41, 5.74) is 5.43. The monoisotopic (exact) mass is 365 g/mol. The molecular weight excluding hydrogens is 346 g/mol. The zero-order valence-electron chi connectivity index (χ0n) is 15.0. The molecule has 1 aliphatic rings. The number of H-pyrrole nitrogens is 1. The Morgan fingerprint density at radius 2 is 2.04 bits per heavy atom. The van der Waals surface area contributed by atoms with Gasteiger partial charge < -0.3 is 10.4 Å². The third kappa shape index (κ3) is 2.99. The molecule has 3 heterocycles. The van der Waals surface area contributed by atoms with Crippen LogP contribution in [0.1, 0.15) is 34.7 Å². The Morgan fingerprint density at radius 1 is 1.30 bits per heavy atom. The SMILES string of the molecule is Cc1ccc(-c2[nH]ncc2C2CC(=O)Nc3c2c(C)nn3CC(=O)O)cc1. The number of nitrogens with zero attached hydrogens (tertiary/aromatic N) is 3. The van der Waals surface area contributed by atoms with Crippen LogP contribution >= 0.6 is 0 Å². The summed E-state index contributed by atoms with van der Waals surface area (Å²) in [6.45, 7) is 3.54. The number of benzene rings is 1. The number of rotatable bonds is 4. The topological polar surface area (TPSA) is 113 Å². The predicted octanol–water partition coefficient (Wildman–Crippen LogP) is 2.45. The minimum absolute atomic E-state index is 0.171. The number of aromatic amines is 1. The fourth-order valence-electron chi connectivity index (χ4n) is 3.63. The van der Waals surface area contributed by atoms with Crippen LogP contribution in [-0.2, 0) is 16.1 Å². The van der Waals surface area contributed by atoms with E-state index >= 15 is 0 Å². The molecule has 1 atom stereocenters. The minimum Gasteiger partial charge on any atom is -0.480 e. The van der Waals surface area contributed by atoms with Gasteiger partial charge in [0.15, 0.2) is 0 Å². The van der Waals surface area contributed by atoms with Crippen molar-refractivity contribution in [1.29, 1.82) is 0 Å². The fraction of sp³-hybridized carbons (Fsp3) is 0.263. The lowest BCUT2D eigenvalue weighted by Crippen LogP contribution is -2.26. The number of fused-ring (bicyclic) bond motifs is 1. The van der Waals surface area contributed by atoms with E-state index < -0.39 is 5.97 Å². The van der Waals surface area contributed by atoms with E-state index in [-0.39, 0.29) is 24.8 Å². The number of aliphatic carboxylic acids is 1. The first kappa shape index (κ1) is 17.0. The molecule has 3 N–H and O–H groups in total. The van der Waals surface area contributed by atoms with Gasteiger partial charge in [0.05, 0.1) is 17.6 Å². The van der Waals surface area contributed by atoms with Crippen molar-refractivity contribution < 1.29 is 14.7 Å². The first-order chi connectivity index (χ1) is 12.9. The second kappa shape index (κ2) is 6.39. The van der Waals surface area contributed by atoms with E-state index in [0.29, 0.717) is 11.5 Å². The molecule has 0 aliphatic carbocycles. The Morgan fingerprint density at radius 3 is 2.74 bits per heavy atom. The van der Waals surface area contributed by atoms with Crippen molar-refractivity contribution in [3.05, 3.63) is 52.8 Å². The summed E-state index contributed by atoms with van der Waals surface area (Å²) in [5.74, 6) is -0.978. The van der Waals surface area contributed by atoms with E-state index in [1.807, 2.05) is 38.1 Å². The average Bonchev–Trinajstić information content (AvgIpc) is 3.20. The molecule has 8 nitrogen and oxygen atoms in total. The number of hydrogen-bond acceptors (Lipinski definition) is 4. The second-order valence-corrected chi connectivity index (χ2v) is 6.77. The van der Waals surface area contributed by atoms with Gasteiger partial charge in [-0.25, -0.2) is 4.68 Å². The highest BCUT2D eigenvalue weighted by molar-refractivity contribution is 5.95. The summed E-state index contributed by atoms with van der Waals surface area (Å²) < 4.78 is 1.34. The van der Waals surface area contributed by atoms with Gasteiger partial charge in [-0.2, -0.15) is 10.2 Å². The largest absolute Gasteiger partial charge is 0.480 e. The second-order valence-electron chi connectivity index (χ2n) is 6.77. The van der Waals surface area contributed by atoms with Crippen LogP contribution in [0.3, 0.4) is 0 Å². The Hall–Kier alpha value is -3.42. The molecule has 0 saturated carbocycles. The van der Waals surface area contributed by atoms with Gasteiger partial charge in [-0.15, -0.1) is 0 Å². The van der Waals surface area contributed by atoms with Crippen LogP contribution in [0, 0.1) is 13.8 Å². The van der Waals surface area contributed by atoms with E-state index in [1.165, 1.54) is 4.68 Å². The molecule has 2 aromatic heterocycles. The standard InChI is InChI=1S/C19H19N5O3/c1-10-3-5-12(6-4-10)18-14(8-20-22-18)13-7-15(25)21-19-17(13)11(2)23-24(19)9-16(26)27/h3-6,8,13H,7,9H2,1-2H3,(H,20,22)(H,21,25)(H,26,27). The highest BCUT2D eigenvalue weighted by atomic mass is 16.4. The Kier molecular flexibility index (Phi) is 4.02. The van der Waals surface area contributed by atoms with Crippen molar-refractivity contribution in [1.82, 2.24) is 20.0 Å². The third-order valence-corrected chi connectivity index (χ3v) is 4.84. The number of carboxylic acids is 1. The molecule has 1 aliphatic heterocycles. The summed E-state index contributed by atoms with van der Waals surface area (Å²) in [6, 6.07) is 8.07. The van der Waals surface area contributed by atoms with E-state index in [1.54, 1.807) is 6.20 Å². The van der Waals surface area contributed by atoms with Gasteiger partial charge in [0.1, 0.15) is 12.4 Å². The molecule has 3 aromatic rings. The number of aryl methyl sites for hydroxylation is 2.